The minimum Gasteiger partial charge on any atom is -0.377 e. The highest BCUT2D eigenvalue weighted by Crippen LogP contribution is 2.38. The van der Waals surface area contributed by atoms with Gasteiger partial charge in [-0.2, -0.15) is 10.5 Å². The second kappa shape index (κ2) is 11.4. The standard InChI is InChI=1S/C33H28ClN7/c1-2-30(23-8-4-3-5-9-23)38-32-25(18-36)19-37-33-28(32)15-22(16-29(33)34)14-27(24-10-6-7-21(13-24)17-35)31-20-41(40-39-31)26-11-12-26/h3-10,13,15-16,19-20,26-27,30H,2,11-12,14H2,1H3,(H,37,38)/t27-,30-/m1/s1/i27D. The second-order valence-electron chi connectivity index (χ2n) is 10.3. The van der Waals surface area contributed by atoms with Crippen LogP contribution in [0.1, 0.15) is 79.0 Å². The van der Waals surface area contributed by atoms with E-state index in [-0.39, 0.29) is 12.5 Å². The van der Waals surface area contributed by atoms with E-state index in [0.717, 1.165) is 30.4 Å². The molecule has 0 bridgehead atoms. The molecule has 5 aromatic rings. The predicted molar refractivity (Wildman–Crippen MR) is 160 cm³/mol. The molecule has 8 heteroatoms. The maximum atomic E-state index is 10.0. The Morgan fingerprint density at radius 3 is 2.61 bits per heavy atom. The van der Waals surface area contributed by atoms with Crippen LogP contribution in [0.15, 0.2) is 79.1 Å². The van der Waals surface area contributed by atoms with Crippen LogP contribution in [0.3, 0.4) is 0 Å². The number of halogens is 1. The van der Waals surface area contributed by atoms with Crippen molar-refractivity contribution in [2.45, 2.75) is 50.6 Å². The molecule has 6 rings (SSSR count). The number of nitrogens with one attached hydrogen (secondary N) is 1. The first-order valence-electron chi connectivity index (χ1n) is 14.2. The second-order valence-corrected chi connectivity index (χ2v) is 10.7. The lowest BCUT2D eigenvalue weighted by Crippen LogP contribution is -2.12. The van der Waals surface area contributed by atoms with Crippen molar-refractivity contribution in [1.29, 1.82) is 10.5 Å². The van der Waals surface area contributed by atoms with Gasteiger partial charge < -0.3 is 5.32 Å². The zero-order valence-electron chi connectivity index (χ0n) is 23.5. The van der Waals surface area contributed by atoms with Crippen molar-refractivity contribution in [3.63, 3.8) is 0 Å². The molecular weight excluding hydrogens is 530 g/mol. The average Bonchev–Trinajstić information content (AvgIpc) is 3.75. The molecule has 202 valence electrons. The van der Waals surface area contributed by atoms with E-state index in [0.29, 0.717) is 50.0 Å². The summed E-state index contributed by atoms with van der Waals surface area (Å²) in [5.74, 6) is -1.35. The van der Waals surface area contributed by atoms with E-state index in [1.807, 2.05) is 47.3 Å². The van der Waals surface area contributed by atoms with Crippen LogP contribution in [-0.4, -0.2) is 20.0 Å². The molecule has 2 aromatic heterocycles. The van der Waals surface area contributed by atoms with Crippen LogP contribution in [0.5, 0.6) is 0 Å². The lowest BCUT2D eigenvalue weighted by molar-refractivity contribution is 0.610. The molecule has 1 aliphatic carbocycles. The Kier molecular flexibility index (Phi) is 7.03. The van der Waals surface area contributed by atoms with Crippen LogP contribution in [0.2, 0.25) is 5.02 Å². The molecule has 0 radical (unpaired) electrons. The van der Waals surface area contributed by atoms with E-state index < -0.39 is 5.89 Å². The number of hydrogen-bond donors (Lipinski definition) is 1. The molecule has 1 fully saturated rings. The van der Waals surface area contributed by atoms with Crippen LogP contribution in [-0.2, 0) is 6.42 Å². The van der Waals surface area contributed by atoms with Crippen LogP contribution >= 0.6 is 11.6 Å². The summed E-state index contributed by atoms with van der Waals surface area (Å²) in [4.78, 5) is 4.52. The molecule has 0 aliphatic heterocycles. The summed E-state index contributed by atoms with van der Waals surface area (Å²) in [6.07, 6.45) is 6.50. The molecule has 0 spiro atoms. The molecule has 1 saturated carbocycles. The Hall–Kier alpha value is -4.72. The first-order chi connectivity index (χ1) is 20.4. The van der Waals surface area contributed by atoms with E-state index in [2.05, 4.69) is 51.8 Å². The van der Waals surface area contributed by atoms with Crippen molar-refractivity contribution >= 4 is 28.2 Å². The van der Waals surface area contributed by atoms with Gasteiger partial charge in [0, 0.05) is 25.0 Å². The minimum atomic E-state index is -1.35. The summed E-state index contributed by atoms with van der Waals surface area (Å²) in [7, 11) is 0. The summed E-state index contributed by atoms with van der Waals surface area (Å²) < 4.78 is 11.6. The van der Waals surface area contributed by atoms with Gasteiger partial charge in [-0.1, -0.05) is 66.2 Å². The SMILES string of the molecule is [2H][C@@](Cc1cc(Cl)c2ncc(C#N)c(N[C@H](CC)c3ccccc3)c2c1)(c1cccc(C#N)c1)c1cn(C2CC2)nn1. The van der Waals surface area contributed by atoms with Gasteiger partial charge in [-0.3, -0.25) is 4.98 Å². The fraction of sp³-hybridized carbons (Fsp3) is 0.242. The predicted octanol–water partition coefficient (Wildman–Crippen LogP) is 7.50. The normalized spacial score (nSPS) is 15.4. The Morgan fingerprint density at radius 1 is 1.07 bits per heavy atom. The smallest absolute Gasteiger partial charge is 0.103 e. The Morgan fingerprint density at radius 2 is 1.88 bits per heavy atom. The molecule has 1 N–H and O–H groups in total. The topological polar surface area (TPSA) is 103 Å². The van der Waals surface area contributed by atoms with E-state index in [9.17, 15) is 11.9 Å². The number of pyridine rings is 1. The van der Waals surface area contributed by atoms with Crippen molar-refractivity contribution in [3.8, 4) is 12.1 Å². The monoisotopic (exact) mass is 558 g/mol. The van der Waals surface area contributed by atoms with Gasteiger partial charge in [0.25, 0.3) is 0 Å². The Balaban J connectivity index is 1.47. The number of rotatable bonds is 9. The summed E-state index contributed by atoms with van der Waals surface area (Å²) in [5.41, 5.74) is 5.13. The molecule has 0 saturated heterocycles. The van der Waals surface area contributed by atoms with Gasteiger partial charge in [-0.05, 0) is 66.6 Å². The largest absolute Gasteiger partial charge is 0.377 e. The van der Waals surface area contributed by atoms with Gasteiger partial charge in [0.15, 0.2) is 0 Å². The molecule has 41 heavy (non-hydrogen) atoms. The molecule has 1 aliphatic rings. The quantitative estimate of drug-likeness (QED) is 0.201. The minimum absolute atomic E-state index is 0.0345. The first-order valence-corrected chi connectivity index (χ1v) is 14.1. The summed E-state index contributed by atoms with van der Waals surface area (Å²) in [5, 5.41) is 33.1. The Bertz CT molecular complexity index is 1850. The first kappa shape index (κ1) is 25.3. The van der Waals surface area contributed by atoms with E-state index in [4.69, 9.17) is 11.6 Å². The summed E-state index contributed by atoms with van der Waals surface area (Å²) in [6, 6.07) is 25.7. The molecule has 0 unspecified atom stereocenters. The fourth-order valence-corrected chi connectivity index (χ4v) is 5.48. The van der Waals surface area contributed by atoms with Gasteiger partial charge in [-0.15, -0.1) is 5.10 Å². The number of nitriles is 2. The number of fused-ring (bicyclic) bond motifs is 1. The molecule has 2 heterocycles. The van der Waals surface area contributed by atoms with Crippen LogP contribution in [0.25, 0.3) is 10.9 Å². The van der Waals surface area contributed by atoms with Gasteiger partial charge in [0.2, 0.25) is 0 Å². The average molecular weight is 559 g/mol. The number of hydrogen-bond acceptors (Lipinski definition) is 6. The molecular formula is C33H28ClN7. The van der Waals surface area contributed by atoms with Gasteiger partial charge in [-0.25, -0.2) is 4.68 Å². The number of nitrogens with zero attached hydrogens (tertiary/aromatic N) is 6. The van der Waals surface area contributed by atoms with E-state index in [1.54, 1.807) is 24.4 Å². The van der Waals surface area contributed by atoms with Gasteiger partial charge in [0.1, 0.15) is 6.07 Å². The highest BCUT2D eigenvalue weighted by atomic mass is 35.5. The number of anilines is 1. The van der Waals surface area contributed by atoms with Gasteiger partial charge in [0.05, 0.1) is 51.2 Å². The third kappa shape index (κ3) is 5.50. The highest BCUT2D eigenvalue weighted by Gasteiger charge is 2.27. The number of aromatic nitrogens is 4. The maximum absolute atomic E-state index is 10.0. The molecule has 7 nitrogen and oxygen atoms in total. The summed E-state index contributed by atoms with van der Waals surface area (Å²) >= 11 is 6.83. The van der Waals surface area contributed by atoms with Crippen LogP contribution in [0, 0.1) is 22.7 Å². The van der Waals surface area contributed by atoms with Crippen LogP contribution in [0.4, 0.5) is 5.69 Å². The van der Waals surface area contributed by atoms with Crippen molar-refractivity contribution in [2.75, 3.05) is 5.32 Å². The van der Waals surface area contributed by atoms with Crippen molar-refractivity contribution in [3.05, 3.63) is 118 Å². The van der Waals surface area contributed by atoms with Crippen molar-refractivity contribution < 1.29 is 1.37 Å². The van der Waals surface area contributed by atoms with E-state index >= 15 is 0 Å². The van der Waals surface area contributed by atoms with Gasteiger partial charge >= 0.3 is 0 Å². The molecule has 3 aromatic carbocycles. The van der Waals surface area contributed by atoms with E-state index in [1.165, 1.54) is 0 Å². The van der Waals surface area contributed by atoms with Crippen LogP contribution < -0.4 is 5.32 Å². The zero-order valence-corrected chi connectivity index (χ0v) is 23.3. The third-order valence-electron chi connectivity index (χ3n) is 7.50. The Labute approximate surface area is 245 Å². The maximum Gasteiger partial charge on any atom is 0.103 e. The fourth-order valence-electron chi connectivity index (χ4n) is 5.19. The molecule has 2 atom stereocenters. The lowest BCUT2D eigenvalue weighted by Gasteiger charge is -2.22. The number of benzene rings is 3. The highest BCUT2D eigenvalue weighted by molar-refractivity contribution is 6.35. The van der Waals surface area contributed by atoms with Crippen molar-refractivity contribution in [1.82, 2.24) is 20.0 Å². The third-order valence-corrected chi connectivity index (χ3v) is 7.78. The lowest BCUT2D eigenvalue weighted by atomic mass is 9.88. The van der Waals surface area contributed by atoms with Crippen molar-refractivity contribution in [2.24, 2.45) is 0 Å². The summed E-state index contributed by atoms with van der Waals surface area (Å²) in [6.45, 7) is 2.09. The molecule has 0 amide bonds. The zero-order chi connectivity index (χ0) is 29.3.